The minimum atomic E-state index is -3.61. The number of nitrogens with zero attached hydrogens (tertiary/aromatic N) is 1. The SMILES string of the molecule is COc1cc2c(cc1OC)C(C)N(S(=O)(=O)c1ccccc1Br)CC2. The van der Waals surface area contributed by atoms with E-state index in [0.717, 1.165) is 11.1 Å². The van der Waals surface area contributed by atoms with Gasteiger partial charge in [0.1, 0.15) is 0 Å². The Balaban J connectivity index is 2.04. The molecule has 2 aromatic rings. The quantitative estimate of drug-likeness (QED) is 0.747. The molecule has 0 N–H and O–H groups in total. The molecule has 7 heteroatoms. The normalized spacial score (nSPS) is 17.8. The molecule has 0 bridgehead atoms. The van der Waals surface area contributed by atoms with Gasteiger partial charge in [0.05, 0.1) is 19.1 Å². The zero-order valence-electron chi connectivity index (χ0n) is 14.3. The van der Waals surface area contributed by atoms with E-state index in [-0.39, 0.29) is 10.9 Å². The van der Waals surface area contributed by atoms with Crippen LogP contribution in [0.5, 0.6) is 11.5 Å². The number of rotatable bonds is 4. The molecule has 1 atom stereocenters. The van der Waals surface area contributed by atoms with Crippen LogP contribution < -0.4 is 9.47 Å². The third-order valence-electron chi connectivity index (χ3n) is 4.55. The highest BCUT2D eigenvalue weighted by atomic mass is 79.9. The third-order valence-corrected chi connectivity index (χ3v) is 7.53. The van der Waals surface area contributed by atoms with Crippen LogP contribution in [0.1, 0.15) is 24.1 Å². The summed E-state index contributed by atoms with van der Waals surface area (Å²) in [6.45, 7) is 2.33. The van der Waals surface area contributed by atoms with Crippen LogP contribution in [-0.4, -0.2) is 33.5 Å². The molecular formula is C18H20BrNO4S. The Morgan fingerprint density at radius 3 is 2.40 bits per heavy atom. The smallest absolute Gasteiger partial charge is 0.244 e. The van der Waals surface area contributed by atoms with Crippen molar-refractivity contribution in [3.8, 4) is 11.5 Å². The summed E-state index contributed by atoms with van der Waals surface area (Å²) in [5.41, 5.74) is 2.03. The number of hydrogen-bond donors (Lipinski definition) is 0. The van der Waals surface area contributed by atoms with Crippen molar-refractivity contribution in [3.05, 3.63) is 52.0 Å². The number of ether oxygens (including phenoxy) is 2. The molecule has 0 radical (unpaired) electrons. The largest absolute Gasteiger partial charge is 0.493 e. The standard InChI is InChI=1S/C18H20BrNO4S/c1-12-14-11-17(24-3)16(23-2)10-13(14)8-9-20(12)25(21,22)18-7-5-4-6-15(18)19/h4-7,10-12H,8-9H2,1-3H3. The third kappa shape index (κ3) is 3.16. The molecule has 1 aliphatic rings. The first-order chi connectivity index (χ1) is 11.9. The van der Waals surface area contributed by atoms with Crippen molar-refractivity contribution in [2.24, 2.45) is 0 Å². The van der Waals surface area contributed by atoms with Gasteiger partial charge in [0, 0.05) is 17.1 Å². The van der Waals surface area contributed by atoms with Crippen LogP contribution in [0.4, 0.5) is 0 Å². The fourth-order valence-corrected chi connectivity index (χ4v) is 5.81. The van der Waals surface area contributed by atoms with Gasteiger partial charge >= 0.3 is 0 Å². The van der Waals surface area contributed by atoms with E-state index in [4.69, 9.17) is 9.47 Å². The van der Waals surface area contributed by atoms with Gasteiger partial charge in [-0.25, -0.2) is 8.42 Å². The van der Waals surface area contributed by atoms with E-state index in [1.807, 2.05) is 19.1 Å². The Labute approximate surface area is 156 Å². The van der Waals surface area contributed by atoms with Crippen molar-refractivity contribution in [1.82, 2.24) is 4.31 Å². The highest BCUT2D eigenvalue weighted by molar-refractivity contribution is 9.10. The molecule has 0 aromatic heterocycles. The Bertz CT molecular complexity index is 898. The Kier molecular flexibility index (Phi) is 5.09. The van der Waals surface area contributed by atoms with Gasteiger partial charge in [0.2, 0.25) is 10.0 Å². The molecule has 134 valence electrons. The van der Waals surface area contributed by atoms with Crippen LogP contribution >= 0.6 is 15.9 Å². The molecule has 0 amide bonds. The predicted molar refractivity (Wildman–Crippen MR) is 99.7 cm³/mol. The molecule has 25 heavy (non-hydrogen) atoms. The van der Waals surface area contributed by atoms with E-state index in [1.54, 1.807) is 42.8 Å². The molecular weight excluding hydrogens is 406 g/mol. The van der Waals surface area contributed by atoms with E-state index >= 15 is 0 Å². The lowest BCUT2D eigenvalue weighted by molar-refractivity contribution is 0.318. The maximum atomic E-state index is 13.1. The van der Waals surface area contributed by atoms with E-state index in [1.165, 1.54) is 0 Å². The van der Waals surface area contributed by atoms with E-state index in [2.05, 4.69) is 15.9 Å². The summed E-state index contributed by atoms with van der Waals surface area (Å²) in [5.74, 6) is 1.27. The van der Waals surface area contributed by atoms with Crippen molar-refractivity contribution in [1.29, 1.82) is 0 Å². The fourth-order valence-electron chi connectivity index (χ4n) is 3.23. The van der Waals surface area contributed by atoms with Gasteiger partial charge in [-0.3, -0.25) is 0 Å². The summed E-state index contributed by atoms with van der Waals surface area (Å²) >= 11 is 3.35. The van der Waals surface area contributed by atoms with Crippen LogP contribution in [0.15, 0.2) is 45.8 Å². The zero-order chi connectivity index (χ0) is 18.2. The van der Waals surface area contributed by atoms with Gasteiger partial charge in [-0.15, -0.1) is 0 Å². The van der Waals surface area contributed by atoms with Crippen LogP contribution in [-0.2, 0) is 16.4 Å². The first-order valence-corrected chi connectivity index (χ1v) is 10.1. The lowest BCUT2D eigenvalue weighted by Gasteiger charge is -2.35. The van der Waals surface area contributed by atoms with Crippen molar-refractivity contribution < 1.29 is 17.9 Å². The molecule has 0 aliphatic carbocycles. The van der Waals surface area contributed by atoms with Gasteiger partial charge in [0.15, 0.2) is 11.5 Å². The minimum absolute atomic E-state index is 0.283. The molecule has 0 saturated heterocycles. The number of benzene rings is 2. The van der Waals surface area contributed by atoms with E-state index in [0.29, 0.717) is 28.9 Å². The topological polar surface area (TPSA) is 55.8 Å². The van der Waals surface area contributed by atoms with Crippen molar-refractivity contribution in [2.45, 2.75) is 24.3 Å². The van der Waals surface area contributed by atoms with Gasteiger partial charge in [-0.05, 0) is 64.7 Å². The molecule has 0 spiro atoms. The van der Waals surface area contributed by atoms with Crippen molar-refractivity contribution in [3.63, 3.8) is 0 Å². The molecule has 2 aromatic carbocycles. The number of sulfonamides is 1. The zero-order valence-corrected chi connectivity index (χ0v) is 16.7. The van der Waals surface area contributed by atoms with Crippen molar-refractivity contribution in [2.75, 3.05) is 20.8 Å². The van der Waals surface area contributed by atoms with Crippen LogP contribution in [0, 0.1) is 0 Å². The van der Waals surface area contributed by atoms with E-state index in [9.17, 15) is 8.42 Å². The average molecular weight is 426 g/mol. The van der Waals surface area contributed by atoms with Gasteiger partial charge < -0.3 is 9.47 Å². The summed E-state index contributed by atoms with van der Waals surface area (Å²) in [7, 11) is -0.431. The fraction of sp³-hybridized carbons (Fsp3) is 0.333. The average Bonchev–Trinajstić information content (AvgIpc) is 2.61. The summed E-state index contributed by atoms with van der Waals surface area (Å²) in [6.07, 6.45) is 0.629. The number of methoxy groups -OCH3 is 2. The van der Waals surface area contributed by atoms with Gasteiger partial charge in [0.25, 0.3) is 0 Å². The summed E-state index contributed by atoms with van der Waals surface area (Å²) in [5, 5.41) is 0. The van der Waals surface area contributed by atoms with Gasteiger partial charge in [-0.1, -0.05) is 12.1 Å². The maximum absolute atomic E-state index is 13.1. The number of halogens is 1. The molecule has 5 nitrogen and oxygen atoms in total. The minimum Gasteiger partial charge on any atom is -0.493 e. The lowest BCUT2D eigenvalue weighted by atomic mass is 9.94. The molecule has 0 saturated carbocycles. The molecule has 1 heterocycles. The molecule has 3 rings (SSSR count). The lowest BCUT2D eigenvalue weighted by Crippen LogP contribution is -2.39. The summed E-state index contributed by atoms with van der Waals surface area (Å²) in [4.78, 5) is 0.283. The van der Waals surface area contributed by atoms with Crippen LogP contribution in [0.25, 0.3) is 0 Å². The molecule has 0 fully saturated rings. The van der Waals surface area contributed by atoms with Crippen molar-refractivity contribution >= 4 is 26.0 Å². The van der Waals surface area contributed by atoms with E-state index < -0.39 is 10.0 Å². The first-order valence-electron chi connectivity index (χ1n) is 7.91. The van der Waals surface area contributed by atoms with Gasteiger partial charge in [-0.2, -0.15) is 4.31 Å². The highest BCUT2D eigenvalue weighted by Crippen LogP contribution is 2.40. The summed E-state index contributed by atoms with van der Waals surface area (Å²) in [6, 6.07) is 10.4. The maximum Gasteiger partial charge on any atom is 0.244 e. The Morgan fingerprint density at radius 2 is 1.76 bits per heavy atom. The van der Waals surface area contributed by atoms with Crippen LogP contribution in [0.3, 0.4) is 0 Å². The monoisotopic (exact) mass is 425 g/mol. The Morgan fingerprint density at radius 1 is 1.12 bits per heavy atom. The molecule has 1 aliphatic heterocycles. The molecule has 1 unspecified atom stereocenters. The summed E-state index contributed by atoms with van der Waals surface area (Å²) < 4.78 is 39.1. The second kappa shape index (κ2) is 6.97. The first kappa shape index (κ1) is 18.2. The second-order valence-electron chi connectivity index (χ2n) is 5.88. The highest BCUT2D eigenvalue weighted by Gasteiger charge is 2.35. The Hall–Kier alpha value is -1.57. The van der Waals surface area contributed by atoms with Crippen LogP contribution in [0.2, 0.25) is 0 Å². The predicted octanol–water partition coefficient (Wildman–Crippen LogP) is 3.77. The number of hydrogen-bond acceptors (Lipinski definition) is 4. The second-order valence-corrected chi connectivity index (χ2v) is 8.59. The number of fused-ring (bicyclic) bond motifs is 1.